The summed E-state index contributed by atoms with van der Waals surface area (Å²) in [6, 6.07) is -0.538. The van der Waals surface area contributed by atoms with Crippen molar-refractivity contribution in [1.29, 1.82) is 0 Å². The van der Waals surface area contributed by atoms with Crippen molar-refractivity contribution >= 4 is 11.9 Å². The van der Waals surface area contributed by atoms with Crippen LogP contribution in [0.25, 0.3) is 0 Å². The summed E-state index contributed by atoms with van der Waals surface area (Å²) in [5.41, 5.74) is 0. The Morgan fingerprint density at radius 3 is 0.832 bits per heavy atom. The second-order valence-corrected chi connectivity index (χ2v) is 30.6. The van der Waals surface area contributed by atoms with Gasteiger partial charge in [-0.25, -0.2) is 0 Å². The molecule has 0 bridgehead atoms. The number of ether oxygens (including phenoxy) is 1. The normalized spacial score (nSPS) is 12.5. The second kappa shape index (κ2) is 84.8. The lowest BCUT2D eigenvalue weighted by Gasteiger charge is -2.22. The Balaban J connectivity index is 3.30. The van der Waals surface area contributed by atoms with Gasteiger partial charge < -0.3 is 20.3 Å². The van der Waals surface area contributed by atoms with Crippen molar-refractivity contribution < 1.29 is 24.5 Å². The van der Waals surface area contributed by atoms with Gasteiger partial charge in [-0.05, 0) is 51.4 Å². The number of rotatable bonds is 84. The minimum Gasteiger partial charge on any atom is -0.466 e. The van der Waals surface area contributed by atoms with E-state index in [1.165, 1.54) is 424 Å². The van der Waals surface area contributed by atoms with Crippen LogP contribution in [0, 0.1) is 0 Å². The molecule has 0 heterocycles. The Labute approximate surface area is 596 Å². The highest BCUT2D eigenvalue weighted by molar-refractivity contribution is 5.76. The van der Waals surface area contributed by atoms with Gasteiger partial charge >= 0.3 is 5.97 Å². The molecule has 95 heavy (non-hydrogen) atoms. The number of hydrogen-bond donors (Lipinski definition) is 3. The standard InChI is InChI=1S/C89H173NO5/c1-3-5-7-9-11-13-15-17-19-20-21-22-23-39-42-45-48-51-54-57-61-65-69-73-77-81-87(92)86(85-91)90-88(93)82-78-74-70-66-62-58-55-52-49-46-43-40-37-35-33-31-29-27-25-24-26-28-30-32-34-36-38-41-44-47-50-53-56-60-64-68-72-76-80-84-95-89(94)83-79-75-71-67-63-59-18-16-14-12-10-8-6-4-2/h10,12,16,18,86-87,91-92H,3-9,11,13-15,17,19-85H2,1-2H3,(H,90,93)/b12-10-,18-16-. The van der Waals surface area contributed by atoms with Gasteiger partial charge in [0.1, 0.15) is 0 Å². The minimum atomic E-state index is -0.661. The molecule has 1 amide bonds. The van der Waals surface area contributed by atoms with Gasteiger partial charge in [0, 0.05) is 12.8 Å². The quantitative estimate of drug-likeness (QED) is 0.0320. The van der Waals surface area contributed by atoms with Crippen LogP contribution in [-0.4, -0.2) is 47.4 Å². The zero-order chi connectivity index (χ0) is 68.4. The molecule has 0 aliphatic rings. The highest BCUT2D eigenvalue weighted by atomic mass is 16.5. The molecule has 6 nitrogen and oxygen atoms in total. The lowest BCUT2D eigenvalue weighted by Crippen LogP contribution is -2.45. The van der Waals surface area contributed by atoms with Crippen LogP contribution < -0.4 is 5.32 Å². The summed E-state index contributed by atoms with van der Waals surface area (Å²) in [6.07, 6.45) is 110. The van der Waals surface area contributed by atoms with Crippen LogP contribution in [0.5, 0.6) is 0 Å². The fourth-order valence-electron chi connectivity index (χ4n) is 14.3. The van der Waals surface area contributed by atoms with E-state index in [0.717, 1.165) is 51.4 Å². The summed E-state index contributed by atoms with van der Waals surface area (Å²) in [6.45, 7) is 4.97. The number of carbonyl (C=O) groups excluding carboxylic acids is 2. The van der Waals surface area contributed by atoms with Crippen molar-refractivity contribution in [1.82, 2.24) is 5.32 Å². The molecular weight excluding hydrogens is 1160 g/mol. The third-order valence-electron chi connectivity index (χ3n) is 21.0. The van der Waals surface area contributed by atoms with Crippen molar-refractivity contribution in [3.63, 3.8) is 0 Å². The number of allylic oxidation sites excluding steroid dienone is 4. The summed E-state index contributed by atoms with van der Waals surface area (Å²) < 4.78 is 5.49. The van der Waals surface area contributed by atoms with Gasteiger partial charge in [0.05, 0.1) is 25.4 Å². The first-order valence-electron chi connectivity index (χ1n) is 44.1. The van der Waals surface area contributed by atoms with Gasteiger partial charge in [0.15, 0.2) is 0 Å². The number of aliphatic hydroxyl groups is 2. The Morgan fingerprint density at radius 2 is 0.537 bits per heavy atom. The Kier molecular flexibility index (Phi) is 83.3. The Hall–Kier alpha value is -1.66. The number of carbonyl (C=O) groups is 2. The van der Waals surface area contributed by atoms with E-state index in [1.54, 1.807) is 0 Å². The van der Waals surface area contributed by atoms with Crippen molar-refractivity contribution in [2.75, 3.05) is 13.2 Å². The molecule has 564 valence electrons. The van der Waals surface area contributed by atoms with Crippen molar-refractivity contribution in [3.05, 3.63) is 24.3 Å². The van der Waals surface area contributed by atoms with Crippen LogP contribution in [-0.2, 0) is 14.3 Å². The molecule has 0 aliphatic carbocycles. The minimum absolute atomic E-state index is 0.0104. The third-order valence-corrected chi connectivity index (χ3v) is 21.0. The lowest BCUT2D eigenvalue weighted by atomic mass is 10.0. The van der Waals surface area contributed by atoms with Crippen molar-refractivity contribution in [2.24, 2.45) is 0 Å². The maximum atomic E-state index is 12.6. The molecular formula is C89H173NO5. The van der Waals surface area contributed by atoms with E-state index < -0.39 is 12.1 Å². The molecule has 0 saturated carbocycles. The van der Waals surface area contributed by atoms with Crippen molar-refractivity contribution in [2.45, 2.75) is 520 Å². The van der Waals surface area contributed by atoms with E-state index in [9.17, 15) is 19.8 Å². The number of amides is 1. The Morgan fingerprint density at radius 1 is 0.295 bits per heavy atom. The molecule has 6 heteroatoms. The molecule has 0 aromatic rings. The van der Waals surface area contributed by atoms with Crippen LogP contribution in [0.15, 0.2) is 24.3 Å². The topological polar surface area (TPSA) is 95.9 Å². The zero-order valence-corrected chi connectivity index (χ0v) is 64.9. The first-order valence-corrected chi connectivity index (χ1v) is 44.1. The fraction of sp³-hybridized carbons (Fsp3) is 0.933. The summed E-state index contributed by atoms with van der Waals surface area (Å²) in [7, 11) is 0. The number of hydrogen-bond acceptors (Lipinski definition) is 5. The van der Waals surface area contributed by atoms with E-state index in [4.69, 9.17) is 4.74 Å². The molecule has 0 aromatic carbocycles. The Bertz CT molecular complexity index is 1500. The van der Waals surface area contributed by atoms with Gasteiger partial charge in [-0.3, -0.25) is 9.59 Å². The van der Waals surface area contributed by atoms with Crippen LogP contribution >= 0.6 is 0 Å². The molecule has 0 spiro atoms. The SMILES string of the molecule is CCCC/C=C\C/C=C\CCCCCCCC(=O)OCCCCCCCCCCCCCCCCCCCCCCCCCCCCCCCCCCCCCCCCCC(=O)NC(CO)C(O)CCCCCCCCCCCCCCCCCCCCCCCCCCC. The number of esters is 1. The fourth-order valence-corrected chi connectivity index (χ4v) is 14.3. The van der Waals surface area contributed by atoms with E-state index in [2.05, 4.69) is 43.5 Å². The largest absolute Gasteiger partial charge is 0.466 e. The maximum Gasteiger partial charge on any atom is 0.305 e. The van der Waals surface area contributed by atoms with E-state index >= 15 is 0 Å². The number of unbranched alkanes of at least 4 members (excludes halogenated alkanes) is 69. The predicted molar refractivity (Wildman–Crippen MR) is 421 cm³/mol. The first-order chi connectivity index (χ1) is 47.0. The smallest absolute Gasteiger partial charge is 0.305 e. The maximum absolute atomic E-state index is 12.6. The molecule has 0 fully saturated rings. The average molecular weight is 1340 g/mol. The predicted octanol–water partition coefficient (Wildman–Crippen LogP) is 29.6. The van der Waals surface area contributed by atoms with E-state index in [0.29, 0.717) is 25.9 Å². The van der Waals surface area contributed by atoms with Crippen LogP contribution in [0.1, 0.15) is 508 Å². The van der Waals surface area contributed by atoms with Gasteiger partial charge in [-0.2, -0.15) is 0 Å². The molecule has 2 unspecified atom stereocenters. The lowest BCUT2D eigenvalue weighted by molar-refractivity contribution is -0.143. The third kappa shape index (κ3) is 81.2. The second-order valence-electron chi connectivity index (χ2n) is 30.6. The summed E-state index contributed by atoms with van der Waals surface area (Å²) in [4.78, 5) is 24.7. The first kappa shape index (κ1) is 93.3. The summed E-state index contributed by atoms with van der Waals surface area (Å²) in [5, 5.41) is 23.5. The van der Waals surface area contributed by atoms with Crippen molar-refractivity contribution in [3.8, 4) is 0 Å². The molecule has 3 N–H and O–H groups in total. The zero-order valence-electron chi connectivity index (χ0n) is 64.9. The molecule has 0 saturated heterocycles. The number of nitrogens with one attached hydrogen (secondary N) is 1. The highest BCUT2D eigenvalue weighted by Crippen LogP contribution is 2.21. The van der Waals surface area contributed by atoms with Gasteiger partial charge in [-0.1, -0.05) is 468 Å². The molecule has 0 rings (SSSR count). The van der Waals surface area contributed by atoms with Gasteiger partial charge in [0.2, 0.25) is 5.91 Å². The highest BCUT2D eigenvalue weighted by Gasteiger charge is 2.20. The summed E-state index contributed by atoms with van der Waals surface area (Å²) in [5.74, 6) is -0.0118. The molecule has 0 aliphatic heterocycles. The van der Waals surface area contributed by atoms with Crippen LogP contribution in [0.4, 0.5) is 0 Å². The number of aliphatic hydroxyl groups excluding tert-OH is 2. The van der Waals surface area contributed by atoms with Gasteiger partial charge in [-0.15, -0.1) is 0 Å². The molecule has 2 atom stereocenters. The van der Waals surface area contributed by atoms with Gasteiger partial charge in [0.25, 0.3) is 0 Å². The molecule has 0 aromatic heterocycles. The monoisotopic (exact) mass is 1340 g/mol. The van der Waals surface area contributed by atoms with Crippen LogP contribution in [0.3, 0.4) is 0 Å². The van der Waals surface area contributed by atoms with E-state index in [-0.39, 0.29) is 18.5 Å². The molecule has 0 radical (unpaired) electrons. The average Bonchev–Trinajstić information content (AvgIpc) is 3.11. The van der Waals surface area contributed by atoms with Crippen LogP contribution in [0.2, 0.25) is 0 Å². The van der Waals surface area contributed by atoms with E-state index in [1.807, 2.05) is 0 Å². The summed E-state index contributed by atoms with van der Waals surface area (Å²) >= 11 is 0.